The van der Waals surface area contributed by atoms with Crippen LogP contribution >= 0.6 is 24.4 Å². The average Bonchev–Trinajstić information content (AvgIpc) is 2.80. The highest BCUT2D eigenvalue weighted by Gasteiger charge is 1.99. The normalized spacial score (nSPS) is 10.8. The Labute approximate surface area is 194 Å². The third-order valence-electron chi connectivity index (χ3n) is 5.17. The molecular weight excluding hydrogens is 432 g/mol. The molecule has 0 aliphatic heterocycles. The minimum Gasteiger partial charge on any atom is -0.330 e. The molecule has 0 aliphatic rings. The first kappa shape index (κ1) is 20.2. The third-order valence-corrected chi connectivity index (χ3v) is 5.56. The lowest BCUT2D eigenvalue weighted by Crippen LogP contribution is -1.84. The number of fused-ring (bicyclic) bond motifs is 6. The van der Waals surface area contributed by atoms with Gasteiger partial charge in [-0.3, -0.25) is 0 Å². The Morgan fingerprint density at radius 2 is 0.781 bits per heavy atom. The van der Waals surface area contributed by atoms with E-state index in [4.69, 9.17) is 34.4 Å². The predicted octanol–water partition coefficient (Wildman–Crippen LogP) is 7.45. The quantitative estimate of drug-likeness (QED) is 0.241. The van der Waals surface area contributed by atoms with Crippen molar-refractivity contribution in [3.8, 4) is 0 Å². The van der Waals surface area contributed by atoms with Crippen LogP contribution in [0.3, 0.4) is 0 Å². The molecule has 4 nitrogen and oxygen atoms in total. The maximum Gasteiger partial charge on any atom is 0.197 e. The Kier molecular flexibility index (Phi) is 5.54. The Morgan fingerprint density at radius 3 is 1.22 bits per heavy atom. The fourth-order valence-electron chi connectivity index (χ4n) is 3.76. The van der Waals surface area contributed by atoms with Crippen LogP contribution in [0.5, 0.6) is 0 Å². The zero-order valence-electron chi connectivity index (χ0n) is 16.9. The van der Waals surface area contributed by atoms with E-state index in [1.807, 2.05) is 97.1 Å². The van der Waals surface area contributed by atoms with Gasteiger partial charge in [0.15, 0.2) is 9.54 Å². The van der Waals surface area contributed by atoms with E-state index >= 15 is 0 Å². The Bertz CT molecular complexity index is 1480. The molecule has 0 spiro atoms. The maximum atomic E-state index is 5.63. The number of nitrogens with one attached hydrogen (secondary N) is 2. The summed E-state index contributed by atoms with van der Waals surface area (Å²) < 4.78 is 0.773. The lowest BCUT2D eigenvalue weighted by molar-refractivity contribution is 1.23. The number of aromatic amines is 2. The van der Waals surface area contributed by atoms with E-state index in [9.17, 15) is 0 Å². The molecule has 0 bridgehead atoms. The molecule has 4 aromatic carbocycles. The van der Waals surface area contributed by atoms with Gasteiger partial charge in [-0.15, -0.1) is 0 Å². The summed E-state index contributed by atoms with van der Waals surface area (Å²) in [5, 5.41) is 3.84. The number of benzene rings is 4. The fraction of sp³-hybridized carbons (Fsp3) is 0. The second kappa shape index (κ2) is 8.78. The molecular formula is C26H18N4S2. The molecule has 1 aromatic heterocycles. The highest BCUT2D eigenvalue weighted by molar-refractivity contribution is 7.71. The second-order valence-corrected chi connectivity index (χ2v) is 7.98. The monoisotopic (exact) mass is 450 g/mol. The molecule has 32 heavy (non-hydrogen) atoms. The topological polar surface area (TPSA) is 57.4 Å². The van der Waals surface area contributed by atoms with Gasteiger partial charge in [-0.1, -0.05) is 72.8 Å². The van der Waals surface area contributed by atoms with Crippen LogP contribution in [-0.4, -0.2) is 19.9 Å². The first-order chi connectivity index (χ1) is 15.7. The van der Waals surface area contributed by atoms with Gasteiger partial charge in [0.2, 0.25) is 0 Å². The first-order valence-electron chi connectivity index (χ1n) is 10.1. The van der Waals surface area contributed by atoms with Gasteiger partial charge in [-0.2, -0.15) is 0 Å². The van der Waals surface area contributed by atoms with E-state index in [1.54, 1.807) is 0 Å². The van der Waals surface area contributed by atoms with Crippen molar-refractivity contribution in [2.45, 2.75) is 0 Å². The number of aromatic nitrogens is 4. The number of nitrogens with zero attached hydrogens (tertiary/aromatic N) is 2. The van der Waals surface area contributed by atoms with E-state index in [-0.39, 0.29) is 0 Å². The third kappa shape index (κ3) is 4.06. The molecule has 0 radical (unpaired) electrons. The Balaban J connectivity index is 2.12. The van der Waals surface area contributed by atoms with Crippen molar-refractivity contribution in [3.05, 3.63) is 107 Å². The van der Waals surface area contributed by atoms with Crippen molar-refractivity contribution in [2.75, 3.05) is 0 Å². The summed E-state index contributed by atoms with van der Waals surface area (Å²) in [6.45, 7) is 0. The van der Waals surface area contributed by atoms with Gasteiger partial charge in [0, 0.05) is 32.6 Å². The number of hydrogen-bond acceptors (Lipinski definition) is 4. The molecule has 5 aromatic rings. The van der Waals surface area contributed by atoms with Crippen molar-refractivity contribution in [1.82, 2.24) is 19.9 Å². The summed E-state index contributed by atoms with van der Waals surface area (Å²) in [6.07, 6.45) is 0. The van der Waals surface area contributed by atoms with Crippen molar-refractivity contribution >= 4 is 68.0 Å². The van der Waals surface area contributed by atoms with Crippen LogP contribution in [0.4, 0.5) is 0 Å². The van der Waals surface area contributed by atoms with E-state index < -0.39 is 0 Å². The molecule has 5 rings (SSSR count). The number of rotatable bonds is 0. The molecule has 2 N–H and O–H groups in total. The summed E-state index contributed by atoms with van der Waals surface area (Å²) in [7, 11) is 0. The van der Waals surface area contributed by atoms with Crippen LogP contribution in [0.25, 0.3) is 43.6 Å². The minimum atomic E-state index is 0.386. The summed E-state index contributed by atoms with van der Waals surface area (Å²) >= 11 is 11.3. The Morgan fingerprint density at radius 1 is 0.438 bits per heavy atom. The largest absolute Gasteiger partial charge is 0.330 e. The first-order valence-corrected chi connectivity index (χ1v) is 10.9. The van der Waals surface area contributed by atoms with E-state index in [1.165, 1.54) is 0 Å². The molecule has 0 saturated carbocycles. The number of hydrogen-bond donors (Lipinski definition) is 2. The van der Waals surface area contributed by atoms with Crippen LogP contribution in [0.1, 0.15) is 0 Å². The van der Waals surface area contributed by atoms with Crippen LogP contribution in [0, 0.1) is 9.54 Å². The van der Waals surface area contributed by atoms with Gasteiger partial charge in [0.05, 0.1) is 11.0 Å². The number of para-hydroxylation sites is 4. The lowest BCUT2D eigenvalue weighted by Gasteiger charge is -2.00. The average molecular weight is 451 g/mol. The van der Waals surface area contributed by atoms with Gasteiger partial charge >= 0.3 is 0 Å². The molecule has 0 unspecified atom stereocenters. The van der Waals surface area contributed by atoms with Crippen molar-refractivity contribution in [2.24, 2.45) is 0 Å². The zero-order chi connectivity index (χ0) is 21.9. The van der Waals surface area contributed by atoms with E-state index in [0.29, 0.717) is 9.54 Å². The highest BCUT2D eigenvalue weighted by atomic mass is 32.1. The molecule has 0 saturated heterocycles. The van der Waals surface area contributed by atoms with Gasteiger partial charge in [-0.25, -0.2) is 9.97 Å². The molecule has 0 atom stereocenters. The smallest absolute Gasteiger partial charge is 0.197 e. The van der Waals surface area contributed by atoms with Gasteiger partial charge < -0.3 is 9.97 Å². The predicted molar refractivity (Wildman–Crippen MR) is 138 cm³/mol. The fourth-order valence-corrected chi connectivity index (χ4v) is 4.17. The molecule has 1 heterocycles. The SMILES string of the molecule is S=c1nc2ccccc2c2ccccc2nc(=S)[nH]c2ccccc2c2ccccc2[nH]1. The molecule has 0 aliphatic carbocycles. The summed E-state index contributed by atoms with van der Waals surface area (Å²) in [5.41, 5.74) is 3.27. The van der Waals surface area contributed by atoms with E-state index in [0.717, 1.165) is 43.6 Å². The standard InChI is InChI=1S/C26H18N4S2/c31-25-27-21-13-5-1-9-17(21)18-10-2-6-14-22(18)28-26(32)30-24-16-8-4-12-20(24)19-11-3-7-15-23(19)29-25/h1-16H,(H,27,29,31)(H,28,30,32). The van der Waals surface area contributed by atoms with Crippen molar-refractivity contribution in [3.63, 3.8) is 0 Å². The second-order valence-electron chi connectivity index (χ2n) is 7.21. The highest BCUT2D eigenvalue weighted by Crippen LogP contribution is 2.21. The van der Waals surface area contributed by atoms with Gasteiger partial charge in [0.25, 0.3) is 0 Å². The van der Waals surface area contributed by atoms with Gasteiger partial charge in [-0.05, 0) is 48.7 Å². The maximum absolute atomic E-state index is 5.63. The number of H-pyrrole nitrogens is 2. The zero-order valence-corrected chi connectivity index (χ0v) is 18.6. The molecule has 154 valence electrons. The van der Waals surface area contributed by atoms with Crippen LogP contribution in [0.15, 0.2) is 97.1 Å². The van der Waals surface area contributed by atoms with E-state index in [2.05, 4.69) is 9.97 Å². The van der Waals surface area contributed by atoms with Crippen molar-refractivity contribution in [1.29, 1.82) is 0 Å². The lowest BCUT2D eigenvalue weighted by atomic mass is 10.1. The van der Waals surface area contributed by atoms with Crippen molar-refractivity contribution < 1.29 is 0 Å². The molecule has 0 fully saturated rings. The summed E-state index contributed by atoms with van der Waals surface area (Å²) in [6, 6.07) is 31.8. The molecule has 6 heteroatoms. The Hall–Kier alpha value is -3.74. The summed E-state index contributed by atoms with van der Waals surface area (Å²) in [4.78, 5) is 16.1. The minimum absolute atomic E-state index is 0.386. The summed E-state index contributed by atoms with van der Waals surface area (Å²) in [5.74, 6) is 0. The van der Waals surface area contributed by atoms with Crippen LogP contribution in [-0.2, 0) is 0 Å². The van der Waals surface area contributed by atoms with Crippen LogP contribution < -0.4 is 0 Å². The van der Waals surface area contributed by atoms with Gasteiger partial charge in [0.1, 0.15) is 0 Å². The molecule has 0 amide bonds. The van der Waals surface area contributed by atoms with Crippen LogP contribution in [0.2, 0.25) is 0 Å².